The molecular formula is C14H20N4OS. The quantitative estimate of drug-likeness (QED) is 0.869. The highest BCUT2D eigenvalue weighted by Crippen LogP contribution is 2.25. The molecule has 2 aromatic heterocycles. The summed E-state index contributed by atoms with van der Waals surface area (Å²) in [5.74, 6) is 0.952. The van der Waals surface area contributed by atoms with Crippen molar-refractivity contribution in [2.75, 3.05) is 24.5 Å². The van der Waals surface area contributed by atoms with Crippen LogP contribution in [0.5, 0.6) is 0 Å². The van der Waals surface area contributed by atoms with Crippen LogP contribution in [0.25, 0.3) is 0 Å². The van der Waals surface area contributed by atoms with Gasteiger partial charge in [-0.25, -0.2) is 4.98 Å². The molecule has 3 rings (SSSR count). The third-order valence-electron chi connectivity index (χ3n) is 3.62. The minimum atomic E-state index is 0.471. The SMILES string of the molecule is Cc1cc(CN2CCN(c3nc(C)cs3)C(C)C2)on1. The number of hydrogen-bond acceptors (Lipinski definition) is 6. The number of rotatable bonds is 3. The van der Waals surface area contributed by atoms with E-state index in [-0.39, 0.29) is 0 Å². The summed E-state index contributed by atoms with van der Waals surface area (Å²) >= 11 is 1.74. The van der Waals surface area contributed by atoms with Crippen molar-refractivity contribution in [2.45, 2.75) is 33.4 Å². The average Bonchev–Trinajstić information content (AvgIpc) is 2.99. The van der Waals surface area contributed by atoms with E-state index in [9.17, 15) is 0 Å². The zero-order valence-corrected chi connectivity index (χ0v) is 13.0. The maximum Gasteiger partial charge on any atom is 0.185 e. The van der Waals surface area contributed by atoms with E-state index >= 15 is 0 Å². The van der Waals surface area contributed by atoms with Crippen LogP contribution in [0, 0.1) is 13.8 Å². The van der Waals surface area contributed by atoms with Gasteiger partial charge in [0.15, 0.2) is 10.9 Å². The molecule has 0 spiro atoms. The number of aryl methyl sites for hydroxylation is 2. The molecule has 0 N–H and O–H groups in total. The first-order chi connectivity index (χ1) is 9.61. The topological polar surface area (TPSA) is 45.4 Å². The smallest absolute Gasteiger partial charge is 0.185 e. The van der Waals surface area contributed by atoms with Gasteiger partial charge in [0, 0.05) is 37.1 Å². The Labute approximate surface area is 123 Å². The summed E-state index contributed by atoms with van der Waals surface area (Å²) in [7, 11) is 0. The van der Waals surface area contributed by atoms with Gasteiger partial charge in [-0.3, -0.25) is 4.90 Å². The first-order valence-electron chi connectivity index (χ1n) is 6.95. The fourth-order valence-electron chi connectivity index (χ4n) is 2.65. The highest BCUT2D eigenvalue weighted by molar-refractivity contribution is 7.13. The van der Waals surface area contributed by atoms with E-state index in [1.54, 1.807) is 11.3 Å². The Hall–Kier alpha value is -1.40. The second-order valence-electron chi connectivity index (χ2n) is 5.48. The normalized spacial score (nSPS) is 20.6. The molecule has 20 heavy (non-hydrogen) atoms. The van der Waals surface area contributed by atoms with Gasteiger partial charge in [0.2, 0.25) is 0 Å². The Morgan fingerprint density at radius 2 is 2.20 bits per heavy atom. The zero-order valence-electron chi connectivity index (χ0n) is 12.2. The summed E-state index contributed by atoms with van der Waals surface area (Å²) in [6.07, 6.45) is 0. The lowest BCUT2D eigenvalue weighted by molar-refractivity contribution is 0.197. The summed E-state index contributed by atoms with van der Waals surface area (Å²) < 4.78 is 5.30. The molecule has 1 aliphatic rings. The van der Waals surface area contributed by atoms with Crippen LogP contribution in [-0.4, -0.2) is 40.7 Å². The van der Waals surface area contributed by atoms with Crippen molar-refractivity contribution in [2.24, 2.45) is 0 Å². The minimum absolute atomic E-state index is 0.471. The van der Waals surface area contributed by atoms with Crippen LogP contribution in [0.1, 0.15) is 24.1 Å². The molecule has 0 saturated carbocycles. The molecule has 0 radical (unpaired) electrons. The van der Waals surface area contributed by atoms with Crippen molar-refractivity contribution in [1.29, 1.82) is 0 Å². The van der Waals surface area contributed by atoms with Crippen molar-refractivity contribution >= 4 is 16.5 Å². The van der Waals surface area contributed by atoms with Crippen molar-refractivity contribution in [3.8, 4) is 0 Å². The largest absolute Gasteiger partial charge is 0.360 e. The fourth-order valence-corrected chi connectivity index (χ4v) is 3.58. The van der Waals surface area contributed by atoms with Crippen molar-refractivity contribution < 1.29 is 4.52 Å². The van der Waals surface area contributed by atoms with Crippen LogP contribution in [0.4, 0.5) is 5.13 Å². The summed E-state index contributed by atoms with van der Waals surface area (Å²) in [5.41, 5.74) is 2.06. The van der Waals surface area contributed by atoms with Crippen molar-refractivity contribution in [3.63, 3.8) is 0 Å². The maximum absolute atomic E-state index is 5.30. The van der Waals surface area contributed by atoms with Gasteiger partial charge in [0.25, 0.3) is 0 Å². The van der Waals surface area contributed by atoms with E-state index in [1.807, 2.05) is 19.9 Å². The third kappa shape index (κ3) is 2.86. The molecule has 1 saturated heterocycles. The van der Waals surface area contributed by atoms with Gasteiger partial charge < -0.3 is 9.42 Å². The molecule has 0 aliphatic carbocycles. The number of aromatic nitrogens is 2. The van der Waals surface area contributed by atoms with Crippen molar-refractivity contribution in [1.82, 2.24) is 15.0 Å². The van der Waals surface area contributed by atoms with Crippen LogP contribution in [-0.2, 0) is 6.54 Å². The molecule has 5 nitrogen and oxygen atoms in total. The van der Waals surface area contributed by atoms with E-state index in [2.05, 4.69) is 32.2 Å². The van der Waals surface area contributed by atoms with Crippen LogP contribution in [0.15, 0.2) is 16.0 Å². The summed E-state index contributed by atoms with van der Waals surface area (Å²) in [6, 6.07) is 2.49. The van der Waals surface area contributed by atoms with Gasteiger partial charge >= 0.3 is 0 Å². The highest BCUT2D eigenvalue weighted by Gasteiger charge is 2.26. The fraction of sp³-hybridized carbons (Fsp3) is 0.571. The van der Waals surface area contributed by atoms with Gasteiger partial charge in [-0.15, -0.1) is 11.3 Å². The number of piperazine rings is 1. The second-order valence-corrected chi connectivity index (χ2v) is 6.32. The van der Waals surface area contributed by atoms with Gasteiger partial charge in [-0.05, 0) is 20.8 Å². The maximum atomic E-state index is 5.30. The van der Waals surface area contributed by atoms with Crippen molar-refractivity contribution in [3.05, 3.63) is 28.6 Å². The number of hydrogen-bond donors (Lipinski definition) is 0. The first-order valence-corrected chi connectivity index (χ1v) is 7.83. The van der Waals surface area contributed by atoms with Gasteiger partial charge in [-0.2, -0.15) is 0 Å². The van der Waals surface area contributed by atoms with E-state index in [0.29, 0.717) is 6.04 Å². The standard InChI is InChI=1S/C14H20N4OS/c1-10-6-13(19-16-10)8-17-4-5-18(12(3)7-17)14-15-11(2)9-20-14/h6,9,12H,4-5,7-8H2,1-3H3. The Morgan fingerprint density at radius 3 is 2.80 bits per heavy atom. The van der Waals surface area contributed by atoms with Gasteiger partial charge in [0.1, 0.15) is 0 Å². The lowest BCUT2D eigenvalue weighted by Gasteiger charge is -2.39. The van der Waals surface area contributed by atoms with Gasteiger partial charge in [0.05, 0.1) is 17.9 Å². The molecular weight excluding hydrogens is 272 g/mol. The number of anilines is 1. The molecule has 1 fully saturated rings. The van der Waals surface area contributed by atoms with E-state index in [1.165, 1.54) is 0 Å². The Balaban J connectivity index is 1.62. The lowest BCUT2D eigenvalue weighted by atomic mass is 10.2. The van der Waals surface area contributed by atoms with E-state index in [0.717, 1.165) is 48.5 Å². The molecule has 1 aliphatic heterocycles. The Morgan fingerprint density at radius 1 is 1.35 bits per heavy atom. The Kier molecular flexibility index (Phi) is 3.76. The molecule has 6 heteroatoms. The lowest BCUT2D eigenvalue weighted by Crippen LogP contribution is -2.51. The van der Waals surface area contributed by atoms with Crippen LogP contribution in [0.2, 0.25) is 0 Å². The highest BCUT2D eigenvalue weighted by atomic mass is 32.1. The van der Waals surface area contributed by atoms with Crippen LogP contribution >= 0.6 is 11.3 Å². The average molecular weight is 292 g/mol. The molecule has 1 atom stereocenters. The summed E-state index contributed by atoms with van der Waals surface area (Å²) in [4.78, 5) is 9.42. The molecule has 108 valence electrons. The number of thiazole rings is 1. The monoisotopic (exact) mass is 292 g/mol. The van der Waals surface area contributed by atoms with E-state index in [4.69, 9.17) is 4.52 Å². The molecule has 1 unspecified atom stereocenters. The molecule has 0 bridgehead atoms. The summed E-state index contributed by atoms with van der Waals surface area (Å²) in [6.45, 7) is 10.2. The molecule has 3 heterocycles. The summed E-state index contributed by atoms with van der Waals surface area (Å²) in [5, 5.41) is 7.21. The third-order valence-corrected chi connectivity index (χ3v) is 4.62. The molecule has 2 aromatic rings. The molecule has 0 aromatic carbocycles. The van der Waals surface area contributed by atoms with E-state index < -0.39 is 0 Å². The van der Waals surface area contributed by atoms with Gasteiger partial charge in [-0.1, -0.05) is 5.16 Å². The van der Waals surface area contributed by atoms with Crippen LogP contribution < -0.4 is 4.90 Å². The predicted molar refractivity (Wildman–Crippen MR) is 80.2 cm³/mol. The number of nitrogens with zero attached hydrogens (tertiary/aromatic N) is 4. The molecule has 0 amide bonds. The Bertz CT molecular complexity index is 579. The second kappa shape index (κ2) is 5.54. The predicted octanol–water partition coefficient (Wildman–Crippen LogP) is 2.46. The van der Waals surface area contributed by atoms with Crippen LogP contribution in [0.3, 0.4) is 0 Å². The zero-order chi connectivity index (χ0) is 14.1. The minimum Gasteiger partial charge on any atom is -0.360 e. The first kappa shape index (κ1) is 13.6.